The number of aryl methyl sites for hydroxylation is 1. The van der Waals surface area contributed by atoms with E-state index in [1.165, 1.54) is 0 Å². The van der Waals surface area contributed by atoms with E-state index in [1.54, 1.807) is 24.9 Å². The second-order valence-corrected chi connectivity index (χ2v) is 7.53. The Bertz CT molecular complexity index is 773. The van der Waals surface area contributed by atoms with Crippen LogP contribution in [0.3, 0.4) is 0 Å². The van der Waals surface area contributed by atoms with E-state index >= 15 is 0 Å². The Morgan fingerprint density at radius 2 is 2.12 bits per heavy atom. The van der Waals surface area contributed by atoms with Gasteiger partial charge in [-0.15, -0.1) is 0 Å². The molecule has 1 N–H and O–H groups in total. The Hall–Kier alpha value is -1.95. The average Bonchev–Trinajstić information content (AvgIpc) is 3.11. The van der Waals surface area contributed by atoms with Crippen LogP contribution in [0.5, 0.6) is 0 Å². The zero-order chi connectivity index (χ0) is 17.6. The molecule has 2 aromatic heterocycles. The van der Waals surface area contributed by atoms with E-state index in [4.69, 9.17) is 0 Å². The molecule has 6 heteroatoms. The highest BCUT2D eigenvalue weighted by molar-refractivity contribution is 5.98. The van der Waals surface area contributed by atoms with Crippen molar-refractivity contribution in [2.24, 2.45) is 0 Å². The van der Waals surface area contributed by atoms with Gasteiger partial charge in [-0.3, -0.25) is 4.79 Å². The van der Waals surface area contributed by atoms with Crippen LogP contribution in [0.25, 0.3) is 11.0 Å². The summed E-state index contributed by atoms with van der Waals surface area (Å²) in [5.74, 6) is -0.0520. The van der Waals surface area contributed by atoms with Gasteiger partial charge in [-0.1, -0.05) is 0 Å². The maximum Gasteiger partial charge on any atom is 0.256 e. The van der Waals surface area contributed by atoms with Crippen LogP contribution in [0.15, 0.2) is 12.3 Å². The van der Waals surface area contributed by atoms with Gasteiger partial charge in [0.15, 0.2) is 5.65 Å². The predicted molar refractivity (Wildman–Crippen MR) is 93.0 cm³/mol. The number of nitrogens with zero attached hydrogens (tertiary/aromatic N) is 4. The van der Waals surface area contributed by atoms with Crippen molar-refractivity contribution in [2.75, 3.05) is 6.54 Å². The van der Waals surface area contributed by atoms with Crippen molar-refractivity contribution < 1.29 is 9.90 Å². The van der Waals surface area contributed by atoms with E-state index in [9.17, 15) is 9.90 Å². The number of carbonyl (C=O) groups excluding carboxylic acids is 1. The van der Waals surface area contributed by atoms with E-state index in [2.05, 4.69) is 23.9 Å². The number of aromatic nitrogens is 3. The molecule has 6 nitrogen and oxygen atoms in total. The van der Waals surface area contributed by atoms with Gasteiger partial charge in [0.25, 0.3) is 5.91 Å². The predicted octanol–water partition coefficient (Wildman–Crippen LogP) is 2.70. The minimum Gasteiger partial charge on any atom is -0.388 e. The molecule has 3 heterocycles. The third kappa shape index (κ3) is 2.79. The molecule has 2 aromatic rings. The van der Waals surface area contributed by atoms with E-state index in [1.807, 2.05) is 17.7 Å². The number of fused-ring (bicyclic) bond motifs is 1. The summed E-state index contributed by atoms with van der Waals surface area (Å²) < 4.78 is 1.87. The molecule has 1 saturated heterocycles. The van der Waals surface area contributed by atoms with Crippen molar-refractivity contribution in [3.63, 3.8) is 0 Å². The minimum absolute atomic E-state index is 0.0520. The zero-order valence-corrected chi connectivity index (χ0v) is 15.1. The lowest BCUT2D eigenvalue weighted by atomic mass is 9.96. The molecule has 0 aromatic carbocycles. The van der Waals surface area contributed by atoms with Gasteiger partial charge < -0.3 is 10.0 Å². The zero-order valence-electron chi connectivity index (χ0n) is 15.1. The highest BCUT2D eigenvalue weighted by Gasteiger charge is 2.39. The van der Waals surface area contributed by atoms with E-state index in [0.29, 0.717) is 17.8 Å². The number of amides is 1. The topological polar surface area (TPSA) is 71.2 Å². The SMILES string of the molecule is Cc1nc2c(cnn2C(C)C)cc1C(=O)N1CCCC1C(C)(C)O. The van der Waals surface area contributed by atoms with E-state index < -0.39 is 5.60 Å². The maximum absolute atomic E-state index is 13.1. The smallest absolute Gasteiger partial charge is 0.256 e. The molecule has 1 atom stereocenters. The van der Waals surface area contributed by atoms with Crippen LogP contribution in [0, 0.1) is 6.92 Å². The standard InChI is InChI=1S/C18H26N4O2/c1-11(2)22-16-13(10-19-22)9-14(12(3)20-16)17(23)21-8-6-7-15(21)18(4,5)24/h9-11,15,24H,6-8H2,1-5H3. The largest absolute Gasteiger partial charge is 0.388 e. The summed E-state index contributed by atoms with van der Waals surface area (Å²) in [4.78, 5) is 19.5. The third-order valence-electron chi connectivity index (χ3n) is 4.81. The third-order valence-corrected chi connectivity index (χ3v) is 4.81. The number of pyridine rings is 1. The lowest BCUT2D eigenvalue weighted by Gasteiger charge is -2.34. The maximum atomic E-state index is 13.1. The lowest BCUT2D eigenvalue weighted by molar-refractivity contribution is 0.000292. The quantitative estimate of drug-likeness (QED) is 0.939. The van der Waals surface area contributed by atoms with Gasteiger partial charge in [-0.2, -0.15) is 5.10 Å². The van der Waals surface area contributed by atoms with Gasteiger partial charge in [-0.25, -0.2) is 9.67 Å². The van der Waals surface area contributed by atoms with Gasteiger partial charge in [0.2, 0.25) is 0 Å². The molecular formula is C18H26N4O2. The monoisotopic (exact) mass is 330 g/mol. The van der Waals surface area contributed by atoms with Crippen molar-refractivity contribution >= 4 is 16.9 Å². The second-order valence-electron chi connectivity index (χ2n) is 7.53. The molecule has 1 fully saturated rings. The van der Waals surface area contributed by atoms with Crippen molar-refractivity contribution in [2.45, 2.75) is 65.1 Å². The minimum atomic E-state index is -0.903. The summed E-state index contributed by atoms with van der Waals surface area (Å²) in [6.45, 7) is 10.2. The van der Waals surface area contributed by atoms with Crippen molar-refractivity contribution in [3.05, 3.63) is 23.5 Å². The molecule has 0 spiro atoms. The second kappa shape index (κ2) is 5.84. The van der Waals surface area contributed by atoms with Gasteiger partial charge in [0, 0.05) is 18.0 Å². The Morgan fingerprint density at radius 1 is 1.42 bits per heavy atom. The first-order chi connectivity index (χ1) is 11.2. The van der Waals surface area contributed by atoms with Crippen molar-refractivity contribution in [1.29, 1.82) is 0 Å². The number of hydrogen-bond donors (Lipinski definition) is 1. The van der Waals surface area contributed by atoms with Crippen LogP contribution in [-0.2, 0) is 0 Å². The summed E-state index contributed by atoms with van der Waals surface area (Å²) in [6.07, 6.45) is 3.51. The fourth-order valence-corrected chi connectivity index (χ4v) is 3.56. The summed E-state index contributed by atoms with van der Waals surface area (Å²) in [6, 6.07) is 1.94. The summed E-state index contributed by atoms with van der Waals surface area (Å²) >= 11 is 0. The Morgan fingerprint density at radius 3 is 2.75 bits per heavy atom. The molecule has 24 heavy (non-hydrogen) atoms. The summed E-state index contributed by atoms with van der Waals surface area (Å²) in [7, 11) is 0. The number of likely N-dealkylation sites (tertiary alicyclic amines) is 1. The first-order valence-electron chi connectivity index (χ1n) is 8.58. The molecule has 1 amide bonds. The fourth-order valence-electron chi connectivity index (χ4n) is 3.56. The van der Waals surface area contributed by atoms with Crippen LogP contribution < -0.4 is 0 Å². The first kappa shape index (κ1) is 16.9. The highest BCUT2D eigenvalue weighted by Crippen LogP contribution is 2.29. The van der Waals surface area contributed by atoms with Crippen LogP contribution in [0.4, 0.5) is 0 Å². The van der Waals surface area contributed by atoms with Crippen LogP contribution >= 0.6 is 0 Å². The van der Waals surface area contributed by atoms with Gasteiger partial charge >= 0.3 is 0 Å². The first-order valence-corrected chi connectivity index (χ1v) is 8.58. The fraction of sp³-hybridized carbons (Fsp3) is 0.611. The number of carbonyl (C=O) groups is 1. The van der Waals surface area contributed by atoms with Crippen LogP contribution in [0.1, 0.15) is 62.6 Å². The van der Waals surface area contributed by atoms with E-state index in [0.717, 1.165) is 23.9 Å². The number of aliphatic hydroxyl groups is 1. The number of rotatable bonds is 3. The lowest BCUT2D eigenvalue weighted by Crippen LogP contribution is -2.48. The van der Waals surface area contributed by atoms with Crippen LogP contribution in [0.2, 0.25) is 0 Å². The molecular weight excluding hydrogens is 304 g/mol. The normalized spacial score (nSPS) is 18.8. The van der Waals surface area contributed by atoms with E-state index in [-0.39, 0.29) is 18.0 Å². The molecule has 1 aliphatic heterocycles. The molecule has 0 aliphatic carbocycles. The highest BCUT2D eigenvalue weighted by atomic mass is 16.3. The molecule has 1 aliphatic rings. The molecule has 0 bridgehead atoms. The van der Waals surface area contributed by atoms with Crippen LogP contribution in [-0.4, -0.2) is 48.9 Å². The van der Waals surface area contributed by atoms with Gasteiger partial charge in [0.05, 0.1) is 29.1 Å². The molecule has 0 radical (unpaired) electrons. The Balaban J connectivity index is 2.00. The summed E-state index contributed by atoms with van der Waals surface area (Å²) in [5.41, 5.74) is 1.21. The average molecular weight is 330 g/mol. The Labute approximate surface area is 142 Å². The van der Waals surface area contributed by atoms with Crippen molar-refractivity contribution in [3.8, 4) is 0 Å². The molecule has 3 rings (SSSR count). The molecule has 1 unspecified atom stereocenters. The molecule has 130 valence electrons. The summed E-state index contributed by atoms with van der Waals surface area (Å²) in [5, 5.41) is 15.6. The molecule has 0 saturated carbocycles. The van der Waals surface area contributed by atoms with Gasteiger partial charge in [0.1, 0.15) is 0 Å². The number of hydrogen-bond acceptors (Lipinski definition) is 4. The van der Waals surface area contributed by atoms with Gasteiger partial charge in [-0.05, 0) is 53.5 Å². The Kier molecular flexibility index (Phi) is 4.11. The van der Waals surface area contributed by atoms with Crippen molar-refractivity contribution in [1.82, 2.24) is 19.7 Å².